The zero-order chi connectivity index (χ0) is 18.6. The van der Waals surface area contributed by atoms with Crippen molar-refractivity contribution in [3.05, 3.63) is 42.7 Å². The number of carbonyl (C=O) groups excluding carboxylic acids is 1. The monoisotopic (exact) mass is 366 g/mol. The van der Waals surface area contributed by atoms with Crippen LogP contribution in [-0.2, 0) is 4.74 Å². The largest absolute Gasteiger partial charge is 0.450 e. The van der Waals surface area contributed by atoms with Crippen molar-refractivity contribution in [2.24, 2.45) is 0 Å². The quantitative estimate of drug-likeness (QED) is 0.764. The average molecular weight is 366 g/mol. The Morgan fingerprint density at radius 3 is 2.78 bits per heavy atom. The molecule has 8 nitrogen and oxygen atoms in total. The number of hydrogen-bond donors (Lipinski definition) is 1. The molecule has 140 valence electrons. The Hall–Kier alpha value is -3.16. The van der Waals surface area contributed by atoms with Gasteiger partial charge in [-0.05, 0) is 25.8 Å². The van der Waals surface area contributed by atoms with Crippen LogP contribution < -0.4 is 5.32 Å². The van der Waals surface area contributed by atoms with E-state index in [2.05, 4.69) is 20.6 Å². The molecule has 27 heavy (non-hydrogen) atoms. The Morgan fingerprint density at radius 2 is 2.04 bits per heavy atom. The van der Waals surface area contributed by atoms with E-state index in [1.54, 1.807) is 15.7 Å². The molecule has 1 amide bonds. The SMILES string of the molecule is CCOC(=O)N1CCC(Nc2cc(-c3ccccc3)nn3cnnc23)CC1. The maximum Gasteiger partial charge on any atom is 0.409 e. The van der Waals surface area contributed by atoms with Gasteiger partial charge < -0.3 is 15.0 Å². The molecule has 1 fully saturated rings. The van der Waals surface area contributed by atoms with Crippen molar-refractivity contribution < 1.29 is 9.53 Å². The zero-order valence-electron chi connectivity index (χ0n) is 15.2. The Balaban J connectivity index is 1.52. The summed E-state index contributed by atoms with van der Waals surface area (Å²) in [5.74, 6) is 0. The summed E-state index contributed by atoms with van der Waals surface area (Å²) in [6, 6.07) is 12.3. The second-order valence-electron chi connectivity index (χ2n) is 6.51. The lowest BCUT2D eigenvalue weighted by molar-refractivity contribution is 0.0983. The first-order chi connectivity index (χ1) is 13.2. The van der Waals surface area contributed by atoms with Crippen LogP contribution in [0.25, 0.3) is 16.9 Å². The number of likely N-dealkylation sites (tertiary alicyclic amines) is 1. The number of piperidine rings is 1. The molecule has 2 aromatic heterocycles. The summed E-state index contributed by atoms with van der Waals surface area (Å²) in [6.07, 6.45) is 3.08. The van der Waals surface area contributed by atoms with Crippen LogP contribution in [0.15, 0.2) is 42.7 Å². The Morgan fingerprint density at radius 1 is 1.26 bits per heavy atom. The Labute approximate surface area is 157 Å². The molecule has 0 radical (unpaired) electrons. The van der Waals surface area contributed by atoms with Gasteiger partial charge >= 0.3 is 6.09 Å². The molecule has 4 rings (SSSR count). The number of nitrogens with zero attached hydrogens (tertiary/aromatic N) is 5. The summed E-state index contributed by atoms with van der Waals surface area (Å²) in [7, 11) is 0. The standard InChI is InChI=1S/C19H22N6O2/c1-2-27-19(26)24-10-8-15(9-11-24)21-17-12-16(14-6-4-3-5-7-14)23-25-13-20-22-18(17)25/h3-7,12-13,15,21H,2,8-11H2,1H3. The van der Waals surface area contributed by atoms with Crippen molar-refractivity contribution in [2.45, 2.75) is 25.8 Å². The van der Waals surface area contributed by atoms with Gasteiger partial charge in [0.15, 0.2) is 0 Å². The van der Waals surface area contributed by atoms with Crippen molar-refractivity contribution in [3.8, 4) is 11.3 Å². The Kier molecular flexibility index (Phi) is 4.86. The molecule has 0 spiro atoms. The first-order valence-corrected chi connectivity index (χ1v) is 9.19. The topological polar surface area (TPSA) is 84.7 Å². The normalized spacial score (nSPS) is 15.1. The van der Waals surface area contributed by atoms with Crippen LogP contribution in [-0.4, -0.2) is 56.5 Å². The van der Waals surface area contributed by atoms with Crippen molar-refractivity contribution in [1.29, 1.82) is 0 Å². The van der Waals surface area contributed by atoms with Crippen LogP contribution in [0.4, 0.5) is 10.5 Å². The number of aromatic nitrogens is 4. The fraction of sp³-hybridized carbons (Fsp3) is 0.368. The summed E-state index contributed by atoms with van der Waals surface area (Å²) in [6.45, 7) is 3.58. The zero-order valence-corrected chi connectivity index (χ0v) is 15.2. The lowest BCUT2D eigenvalue weighted by Gasteiger charge is -2.32. The molecular formula is C19H22N6O2. The number of nitrogens with one attached hydrogen (secondary N) is 1. The maximum absolute atomic E-state index is 11.9. The van der Waals surface area contributed by atoms with Gasteiger partial charge in [0, 0.05) is 24.7 Å². The van der Waals surface area contributed by atoms with E-state index < -0.39 is 0 Å². The fourth-order valence-electron chi connectivity index (χ4n) is 3.32. The third kappa shape index (κ3) is 3.69. The van der Waals surface area contributed by atoms with Gasteiger partial charge in [0.1, 0.15) is 6.33 Å². The highest BCUT2D eigenvalue weighted by atomic mass is 16.6. The number of benzene rings is 1. The van der Waals surface area contributed by atoms with Crippen LogP contribution in [0.2, 0.25) is 0 Å². The third-order valence-electron chi connectivity index (χ3n) is 4.72. The van der Waals surface area contributed by atoms with Gasteiger partial charge in [-0.2, -0.15) is 9.61 Å². The van der Waals surface area contributed by atoms with Crippen molar-refractivity contribution in [2.75, 3.05) is 25.0 Å². The molecule has 1 aliphatic rings. The minimum atomic E-state index is -0.230. The van der Waals surface area contributed by atoms with Crippen molar-refractivity contribution in [3.63, 3.8) is 0 Å². The van der Waals surface area contributed by atoms with Crippen molar-refractivity contribution in [1.82, 2.24) is 24.7 Å². The molecule has 1 N–H and O–H groups in total. The molecule has 0 atom stereocenters. The molecule has 3 aromatic rings. The van der Waals surface area contributed by atoms with Crippen LogP contribution in [0.1, 0.15) is 19.8 Å². The summed E-state index contributed by atoms with van der Waals surface area (Å²) in [4.78, 5) is 13.6. The van der Waals surface area contributed by atoms with E-state index >= 15 is 0 Å². The molecular weight excluding hydrogens is 344 g/mol. The molecule has 0 bridgehead atoms. The number of anilines is 1. The number of rotatable bonds is 4. The third-order valence-corrected chi connectivity index (χ3v) is 4.72. The highest BCUT2D eigenvalue weighted by molar-refractivity contribution is 5.73. The summed E-state index contributed by atoms with van der Waals surface area (Å²) >= 11 is 0. The highest BCUT2D eigenvalue weighted by Crippen LogP contribution is 2.25. The summed E-state index contributed by atoms with van der Waals surface area (Å²) < 4.78 is 6.78. The lowest BCUT2D eigenvalue weighted by atomic mass is 10.0. The van der Waals surface area contributed by atoms with Crippen LogP contribution in [0, 0.1) is 0 Å². The van der Waals surface area contributed by atoms with Gasteiger partial charge in [-0.15, -0.1) is 10.2 Å². The fourth-order valence-corrected chi connectivity index (χ4v) is 3.32. The second-order valence-corrected chi connectivity index (χ2v) is 6.51. The van der Waals surface area contributed by atoms with Gasteiger partial charge in [0.05, 0.1) is 18.0 Å². The first-order valence-electron chi connectivity index (χ1n) is 9.19. The number of ether oxygens (including phenoxy) is 1. The first kappa shape index (κ1) is 17.3. The van der Waals surface area contributed by atoms with E-state index in [0.29, 0.717) is 25.3 Å². The number of amides is 1. The molecule has 8 heteroatoms. The highest BCUT2D eigenvalue weighted by Gasteiger charge is 2.24. The molecule has 1 saturated heterocycles. The molecule has 3 heterocycles. The smallest absolute Gasteiger partial charge is 0.409 e. The molecule has 0 unspecified atom stereocenters. The number of fused-ring (bicyclic) bond motifs is 1. The summed E-state index contributed by atoms with van der Waals surface area (Å²) in [5, 5.41) is 16.3. The molecule has 0 saturated carbocycles. The lowest BCUT2D eigenvalue weighted by Crippen LogP contribution is -2.42. The van der Waals surface area contributed by atoms with E-state index in [1.165, 1.54) is 0 Å². The predicted octanol–water partition coefficient (Wildman–Crippen LogP) is 2.82. The van der Waals surface area contributed by atoms with Gasteiger partial charge in [-0.25, -0.2) is 4.79 Å². The molecule has 0 aliphatic carbocycles. The van der Waals surface area contributed by atoms with E-state index in [4.69, 9.17) is 4.74 Å². The van der Waals surface area contributed by atoms with E-state index in [1.807, 2.05) is 43.3 Å². The van der Waals surface area contributed by atoms with Gasteiger partial charge in [0.25, 0.3) is 0 Å². The van der Waals surface area contributed by atoms with Crippen LogP contribution in [0.5, 0.6) is 0 Å². The predicted molar refractivity (Wildman–Crippen MR) is 101 cm³/mol. The maximum atomic E-state index is 11.9. The minimum Gasteiger partial charge on any atom is -0.450 e. The molecule has 1 aliphatic heterocycles. The minimum absolute atomic E-state index is 0.230. The van der Waals surface area contributed by atoms with Gasteiger partial charge in [0.2, 0.25) is 5.65 Å². The summed E-state index contributed by atoms with van der Waals surface area (Å²) in [5.41, 5.74) is 3.49. The average Bonchev–Trinajstić information content (AvgIpc) is 3.18. The van der Waals surface area contributed by atoms with Crippen molar-refractivity contribution >= 4 is 17.4 Å². The number of hydrogen-bond acceptors (Lipinski definition) is 6. The van der Waals surface area contributed by atoms with E-state index in [-0.39, 0.29) is 12.1 Å². The molecule has 1 aromatic carbocycles. The van der Waals surface area contributed by atoms with Crippen LogP contribution in [0.3, 0.4) is 0 Å². The Bertz CT molecular complexity index is 918. The van der Waals surface area contributed by atoms with Gasteiger partial charge in [-0.3, -0.25) is 0 Å². The number of carbonyl (C=O) groups is 1. The van der Waals surface area contributed by atoms with Crippen LogP contribution >= 0.6 is 0 Å². The van der Waals surface area contributed by atoms with E-state index in [0.717, 1.165) is 29.8 Å². The van der Waals surface area contributed by atoms with Gasteiger partial charge in [-0.1, -0.05) is 30.3 Å². The van der Waals surface area contributed by atoms with E-state index in [9.17, 15) is 4.79 Å². The second kappa shape index (κ2) is 7.61.